The third-order valence-corrected chi connectivity index (χ3v) is 3.36. The van der Waals surface area contributed by atoms with E-state index in [0.29, 0.717) is 6.54 Å². The van der Waals surface area contributed by atoms with Crippen molar-refractivity contribution in [3.63, 3.8) is 0 Å². The van der Waals surface area contributed by atoms with Gasteiger partial charge in [-0.2, -0.15) is 0 Å². The molecule has 1 unspecified atom stereocenters. The number of carbonyl (C=O) groups is 2. The van der Waals surface area contributed by atoms with Crippen LogP contribution in [-0.2, 0) is 20.9 Å². The van der Waals surface area contributed by atoms with Gasteiger partial charge in [0.1, 0.15) is 5.92 Å². The summed E-state index contributed by atoms with van der Waals surface area (Å²) in [5.41, 5.74) is 1.67. The Morgan fingerprint density at radius 2 is 1.86 bits per heavy atom. The summed E-state index contributed by atoms with van der Waals surface area (Å²) in [6.07, 6.45) is 0. The quantitative estimate of drug-likeness (QED) is 0.670. The Kier molecular flexibility index (Phi) is 5.94. The average molecular weight is 291 g/mol. The van der Waals surface area contributed by atoms with Crippen molar-refractivity contribution in [2.45, 2.75) is 41.2 Å². The average Bonchev–Trinajstić information content (AvgIpc) is 2.36. The molecule has 1 amide bonds. The first-order chi connectivity index (χ1) is 9.77. The number of amides is 1. The molecule has 0 heterocycles. The Hall–Kier alpha value is -1.84. The molecule has 1 aromatic carbocycles. The molecule has 0 fully saturated rings. The van der Waals surface area contributed by atoms with Crippen LogP contribution in [0, 0.1) is 18.3 Å². The number of esters is 1. The molecule has 0 aliphatic heterocycles. The van der Waals surface area contributed by atoms with E-state index in [0.717, 1.165) is 11.1 Å². The maximum absolute atomic E-state index is 12.4. The molecule has 1 N–H and O–H groups in total. The van der Waals surface area contributed by atoms with E-state index in [-0.39, 0.29) is 12.5 Å². The summed E-state index contributed by atoms with van der Waals surface area (Å²) in [6.45, 7) is 10.0. The van der Waals surface area contributed by atoms with Crippen LogP contribution in [0.15, 0.2) is 24.3 Å². The predicted octanol–water partition coefficient (Wildman–Crippen LogP) is 2.84. The largest absolute Gasteiger partial charge is 0.465 e. The van der Waals surface area contributed by atoms with Crippen LogP contribution >= 0.6 is 0 Å². The van der Waals surface area contributed by atoms with Gasteiger partial charge < -0.3 is 10.1 Å². The summed E-state index contributed by atoms with van der Waals surface area (Å²) in [4.78, 5) is 24.4. The summed E-state index contributed by atoms with van der Waals surface area (Å²) < 4.78 is 5.03. The van der Waals surface area contributed by atoms with Crippen molar-refractivity contribution >= 4 is 11.9 Å². The SMILES string of the molecule is CCOC(=O)C(C(=O)NCc1ccccc1C)C(C)(C)C. The van der Waals surface area contributed by atoms with Gasteiger partial charge in [0.25, 0.3) is 0 Å². The van der Waals surface area contributed by atoms with E-state index in [1.807, 2.05) is 52.0 Å². The number of carbonyl (C=O) groups excluding carboxylic acids is 2. The lowest BCUT2D eigenvalue weighted by atomic mass is 9.80. The maximum atomic E-state index is 12.4. The first kappa shape index (κ1) is 17.2. The van der Waals surface area contributed by atoms with E-state index in [2.05, 4.69) is 5.32 Å². The van der Waals surface area contributed by atoms with Gasteiger partial charge in [0.2, 0.25) is 5.91 Å². The number of rotatable bonds is 5. The van der Waals surface area contributed by atoms with Gasteiger partial charge in [-0.1, -0.05) is 45.0 Å². The fourth-order valence-electron chi connectivity index (χ4n) is 2.17. The third-order valence-electron chi connectivity index (χ3n) is 3.36. The minimum Gasteiger partial charge on any atom is -0.465 e. The monoisotopic (exact) mass is 291 g/mol. The van der Waals surface area contributed by atoms with E-state index >= 15 is 0 Å². The lowest BCUT2D eigenvalue weighted by Crippen LogP contribution is -2.43. The summed E-state index contributed by atoms with van der Waals surface area (Å²) >= 11 is 0. The zero-order chi connectivity index (χ0) is 16.0. The number of benzene rings is 1. The molecular formula is C17H25NO3. The Labute approximate surface area is 126 Å². The van der Waals surface area contributed by atoms with Gasteiger partial charge in [-0.3, -0.25) is 9.59 Å². The predicted molar refractivity (Wildman–Crippen MR) is 82.6 cm³/mol. The highest BCUT2D eigenvalue weighted by Crippen LogP contribution is 2.27. The van der Waals surface area contributed by atoms with Crippen LogP contribution in [0.1, 0.15) is 38.8 Å². The van der Waals surface area contributed by atoms with E-state index < -0.39 is 17.3 Å². The van der Waals surface area contributed by atoms with E-state index in [1.54, 1.807) is 6.92 Å². The number of hydrogen-bond acceptors (Lipinski definition) is 3. The highest BCUT2D eigenvalue weighted by molar-refractivity contribution is 5.98. The van der Waals surface area contributed by atoms with Crippen LogP contribution in [0.2, 0.25) is 0 Å². The third kappa shape index (κ3) is 4.88. The van der Waals surface area contributed by atoms with E-state index in [9.17, 15) is 9.59 Å². The van der Waals surface area contributed by atoms with Gasteiger partial charge >= 0.3 is 5.97 Å². The van der Waals surface area contributed by atoms with Gasteiger partial charge in [-0.25, -0.2) is 0 Å². The highest BCUT2D eigenvalue weighted by atomic mass is 16.5. The Bertz CT molecular complexity index is 503. The van der Waals surface area contributed by atoms with Crippen LogP contribution in [0.25, 0.3) is 0 Å². The molecule has 0 spiro atoms. The Morgan fingerprint density at radius 3 is 2.38 bits per heavy atom. The molecule has 0 aliphatic rings. The normalized spacial score (nSPS) is 12.6. The molecule has 116 valence electrons. The van der Waals surface area contributed by atoms with Crippen molar-refractivity contribution in [1.82, 2.24) is 5.32 Å². The number of nitrogens with one attached hydrogen (secondary N) is 1. The summed E-state index contributed by atoms with van der Waals surface area (Å²) in [5, 5.41) is 2.85. The Morgan fingerprint density at radius 1 is 1.24 bits per heavy atom. The van der Waals surface area contributed by atoms with Crippen molar-refractivity contribution in [3.8, 4) is 0 Å². The summed E-state index contributed by atoms with van der Waals surface area (Å²) in [5.74, 6) is -1.56. The molecule has 0 bridgehead atoms. The lowest BCUT2D eigenvalue weighted by Gasteiger charge is -2.27. The topological polar surface area (TPSA) is 55.4 Å². The minimum atomic E-state index is -0.804. The molecule has 0 aromatic heterocycles. The fourth-order valence-corrected chi connectivity index (χ4v) is 2.17. The standard InChI is InChI=1S/C17H25NO3/c1-6-21-16(20)14(17(3,4)5)15(19)18-11-13-10-8-7-9-12(13)2/h7-10,14H,6,11H2,1-5H3,(H,18,19). The second-order valence-corrected chi connectivity index (χ2v) is 6.20. The number of hydrogen-bond donors (Lipinski definition) is 1. The minimum absolute atomic E-state index is 0.274. The van der Waals surface area contributed by atoms with Crippen molar-refractivity contribution < 1.29 is 14.3 Å². The molecule has 0 aliphatic carbocycles. The van der Waals surface area contributed by atoms with Gasteiger partial charge in [-0.05, 0) is 30.4 Å². The van der Waals surface area contributed by atoms with Crippen LogP contribution < -0.4 is 5.32 Å². The summed E-state index contributed by atoms with van der Waals surface area (Å²) in [6, 6.07) is 7.85. The first-order valence-corrected chi connectivity index (χ1v) is 7.26. The van der Waals surface area contributed by atoms with Crippen LogP contribution in [0.3, 0.4) is 0 Å². The smallest absolute Gasteiger partial charge is 0.319 e. The second kappa shape index (κ2) is 7.25. The van der Waals surface area contributed by atoms with Crippen LogP contribution in [0.4, 0.5) is 0 Å². The highest BCUT2D eigenvalue weighted by Gasteiger charge is 2.38. The molecule has 1 rings (SSSR count). The van der Waals surface area contributed by atoms with Crippen molar-refractivity contribution in [2.24, 2.45) is 11.3 Å². The zero-order valence-corrected chi connectivity index (χ0v) is 13.5. The van der Waals surface area contributed by atoms with E-state index in [4.69, 9.17) is 4.74 Å². The van der Waals surface area contributed by atoms with Gasteiger partial charge in [0.05, 0.1) is 6.61 Å². The second-order valence-electron chi connectivity index (χ2n) is 6.20. The van der Waals surface area contributed by atoms with Gasteiger partial charge in [0, 0.05) is 6.54 Å². The van der Waals surface area contributed by atoms with Crippen molar-refractivity contribution in [1.29, 1.82) is 0 Å². The molecule has 1 aromatic rings. The number of ether oxygens (including phenoxy) is 1. The molecule has 1 atom stereocenters. The lowest BCUT2D eigenvalue weighted by molar-refractivity contribution is -0.156. The molecule has 0 saturated heterocycles. The van der Waals surface area contributed by atoms with Crippen molar-refractivity contribution in [2.75, 3.05) is 6.61 Å². The first-order valence-electron chi connectivity index (χ1n) is 7.26. The van der Waals surface area contributed by atoms with Gasteiger partial charge in [-0.15, -0.1) is 0 Å². The number of aryl methyl sites for hydroxylation is 1. The molecular weight excluding hydrogens is 266 g/mol. The Balaban J connectivity index is 2.78. The van der Waals surface area contributed by atoms with E-state index in [1.165, 1.54) is 0 Å². The van der Waals surface area contributed by atoms with Crippen LogP contribution in [-0.4, -0.2) is 18.5 Å². The molecule has 0 radical (unpaired) electrons. The molecule has 0 saturated carbocycles. The van der Waals surface area contributed by atoms with Crippen molar-refractivity contribution in [3.05, 3.63) is 35.4 Å². The summed E-state index contributed by atoms with van der Waals surface area (Å²) in [7, 11) is 0. The molecule has 21 heavy (non-hydrogen) atoms. The molecule has 4 nitrogen and oxygen atoms in total. The maximum Gasteiger partial charge on any atom is 0.319 e. The van der Waals surface area contributed by atoms with Gasteiger partial charge in [0.15, 0.2) is 0 Å². The fraction of sp³-hybridized carbons (Fsp3) is 0.529. The van der Waals surface area contributed by atoms with Crippen LogP contribution in [0.5, 0.6) is 0 Å². The zero-order valence-electron chi connectivity index (χ0n) is 13.5. The molecule has 4 heteroatoms.